The van der Waals surface area contributed by atoms with E-state index in [0.29, 0.717) is 13.1 Å². The van der Waals surface area contributed by atoms with Crippen molar-refractivity contribution in [2.75, 3.05) is 5.32 Å². The van der Waals surface area contributed by atoms with E-state index < -0.39 is 0 Å². The minimum atomic E-state index is -0.0380. The van der Waals surface area contributed by atoms with E-state index >= 15 is 0 Å². The molecule has 0 saturated carbocycles. The number of nitrogens with zero attached hydrogens (tertiary/aromatic N) is 2. The van der Waals surface area contributed by atoms with Crippen LogP contribution in [0.2, 0.25) is 0 Å². The van der Waals surface area contributed by atoms with Crippen LogP contribution in [-0.2, 0) is 18.5 Å². The van der Waals surface area contributed by atoms with Crippen LogP contribution in [0.15, 0.2) is 42.7 Å². The molecule has 3 aromatic rings. The second kappa shape index (κ2) is 5.85. The quantitative estimate of drug-likeness (QED) is 0.695. The molecule has 128 valence electrons. The smallest absolute Gasteiger partial charge is 0.315 e. The van der Waals surface area contributed by atoms with Crippen LogP contribution in [-0.4, -0.2) is 15.9 Å². The van der Waals surface area contributed by atoms with Gasteiger partial charge in [-0.05, 0) is 22.6 Å². The largest absolute Gasteiger partial charge is 0.322 e. The Hall–Kier alpha value is -2.40. The number of anilines is 1. The van der Waals surface area contributed by atoms with Crippen LogP contribution in [0.25, 0.3) is 10.1 Å². The number of amides is 2. The number of rotatable bonds is 2. The number of thiophene rings is 1. The summed E-state index contributed by atoms with van der Waals surface area (Å²) in [4.78, 5) is 19.8. The van der Waals surface area contributed by atoms with Gasteiger partial charge in [0.25, 0.3) is 0 Å². The number of nitrogens with one attached hydrogen (secondary N) is 1. The minimum absolute atomic E-state index is 0.0380. The summed E-state index contributed by atoms with van der Waals surface area (Å²) in [7, 11) is 0. The maximum absolute atomic E-state index is 12.5. The summed E-state index contributed by atoms with van der Waals surface area (Å²) < 4.78 is 1.11. The van der Waals surface area contributed by atoms with Gasteiger partial charge in [0.05, 0.1) is 16.9 Å². The van der Waals surface area contributed by atoms with E-state index in [4.69, 9.17) is 0 Å². The van der Waals surface area contributed by atoms with Gasteiger partial charge in [0.15, 0.2) is 0 Å². The van der Waals surface area contributed by atoms with Gasteiger partial charge >= 0.3 is 6.03 Å². The first-order valence-electron chi connectivity index (χ1n) is 8.42. The highest BCUT2D eigenvalue weighted by Crippen LogP contribution is 2.38. The Bertz CT molecular complexity index is 938. The highest BCUT2D eigenvalue weighted by molar-refractivity contribution is 7.19. The minimum Gasteiger partial charge on any atom is -0.315 e. The van der Waals surface area contributed by atoms with Gasteiger partial charge in [0, 0.05) is 29.2 Å². The van der Waals surface area contributed by atoms with Gasteiger partial charge in [0.2, 0.25) is 0 Å². The van der Waals surface area contributed by atoms with Crippen LogP contribution in [0.5, 0.6) is 0 Å². The monoisotopic (exact) mass is 351 g/mol. The molecule has 0 saturated heterocycles. The summed E-state index contributed by atoms with van der Waals surface area (Å²) in [6, 6.07) is 10.5. The van der Waals surface area contributed by atoms with Crippen molar-refractivity contribution in [1.82, 2.24) is 9.88 Å². The van der Waals surface area contributed by atoms with Gasteiger partial charge in [-0.25, -0.2) is 4.79 Å². The summed E-state index contributed by atoms with van der Waals surface area (Å²) in [5.41, 5.74) is 3.54. The lowest BCUT2D eigenvalue weighted by Gasteiger charge is -2.28. The molecule has 1 aliphatic heterocycles. The first-order valence-corrected chi connectivity index (χ1v) is 9.24. The van der Waals surface area contributed by atoms with Crippen molar-refractivity contribution < 1.29 is 4.79 Å². The van der Waals surface area contributed by atoms with Crippen molar-refractivity contribution in [2.24, 2.45) is 0 Å². The number of carbonyl (C=O) groups is 1. The Balaban J connectivity index is 1.57. The van der Waals surface area contributed by atoms with Gasteiger partial charge in [-0.1, -0.05) is 45.0 Å². The second-order valence-electron chi connectivity index (χ2n) is 7.51. The van der Waals surface area contributed by atoms with Gasteiger partial charge < -0.3 is 10.2 Å². The predicted octanol–water partition coefficient (Wildman–Crippen LogP) is 5.14. The molecule has 1 N–H and O–H groups in total. The molecular weight excluding hydrogens is 330 g/mol. The molecule has 3 heterocycles. The molecule has 0 unspecified atom stereocenters. The summed E-state index contributed by atoms with van der Waals surface area (Å²) in [5, 5.41) is 4.14. The highest BCUT2D eigenvalue weighted by Gasteiger charge is 2.26. The third kappa shape index (κ3) is 3.00. The molecule has 0 aliphatic carbocycles. The molecule has 2 aromatic heterocycles. The third-order valence-electron chi connectivity index (χ3n) is 4.61. The lowest BCUT2D eigenvalue weighted by molar-refractivity contribution is 0.204. The summed E-state index contributed by atoms with van der Waals surface area (Å²) in [6.45, 7) is 7.87. The van der Waals surface area contributed by atoms with Gasteiger partial charge in [-0.2, -0.15) is 0 Å². The molecule has 5 heteroatoms. The van der Waals surface area contributed by atoms with Crippen molar-refractivity contribution >= 4 is 33.1 Å². The topological polar surface area (TPSA) is 45.2 Å². The lowest BCUT2D eigenvalue weighted by Crippen LogP contribution is -2.37. The zero-order valence-corrected chi connectivity index (χ0v) is 15.5. The second-order valence-corrected chi connectivity index (χ2v) is 8.64. The van der Waals surface area contributed by atoms with E-state index in [0.717, 1.165) is 21.3 Å². The van der Waals surface area contributed by atoms with E-state index in [-0.39, 0.29) is 11.4 Å². The molecule has 0 atom stereocenters. The first kappa shape index (κ1) is 16.1. The highest BCUT2D eigenvalue weighted by atomic mass is 32.1. The Labute approximate surface area is 151 Å². The Morgan fingerprint density at radius 2 is 1.96 bits per heavy atom. The number of aromatic nitrogens is 1. The molecule has 0 fully saturated rings. The normalized spacial score (nSPS) is 14.5. The Morgan fingerprint density at radius 3 is 2.68 bits per heavy atom. The maximum Gasteiger partial charge on any atom is 0.322 e. The van der Waals surface area contributed by atoms with Crippen molar-refractivity contribution in [3.8, 4) is 0 Å². The Morgan fingerprint density at radius 1 is 1.20 bits per heavy atom. The van der Waals surface area contributed by atoms with Crippen LogP contribution < -0.4 is 5.32 Å². The number of carbonyl (C=O) groups excluding carboxylic acids is 1. The molecule has 2 amide bonds. The summed E-state index contributed by atoms with van der Waals surface area (Å²) in [5.74, 6) is 0. The third-order valence-corrected chi connectivity index (χ3v) is 5.74. The maximum atomic E-state index is 12.5. The van der Waals surface area contributed by atoms with Crippen LogP contribution in [0.4, 0.5) is 10.5 Å². The molecule has 0 radical (unpaired) electrons. The molecule has 1 aromatic carbocycles. The standard InChI is InChI=1S/C20H21N3OS/c1-20(2,3)14-6-4-13(5-7-14)11-23-12-17-18(22-19(23)24)15-8-9-21-10-16(15)25-17/h4-10H,11-12H2,1-3H3,(H,22,24). The molecule has 4 nitrogen and oxygen atoms in total. The average Bonchev–Trinajstić information content (AvgIpc) is 2.92. The zero-order valence-electron chi connectivity index (χ0n) is 14.7. The fourth-order valence-electron chi connectivity index (χ4n) is 3.14. The van der Waals surface area contributed by atoms with Crippen LogP contribution in [0.1, 0.15) is 36.8 Å². The van der Waals surface area contributed by atoms with Gasteiger partial charge in [0.1, 0.15) is 0 Å². The Kier molecular flexibility index (Phi) is 3.76. The predicted molar refractivity (Wildman–Crippen MR) is 103 cm³/mol. The van der Waals surface area contributed by atoms with Crippen LogP contribution >= 0.6 is 11.3 Å². The number of pyridine rings is 1. The SMILES string of the molecule is CC(C)(C)c1ccc(CN2Cc3sc4cnccc4c3NC2=O)cc1. The lowest BCUT2D eigenvalue weighted by atomic mass is 9.87. The molecule has 1 aliphatic rings. The average molecular weight is 351 g/mol. The first-order chi connectivity index (χ1) is 11.9. The summed E-state index contributed by atoms with van der Waals surface area (Å²) >= 11 is 1.70. The fraction of sp³-hybridized carbons (Fsp3) is 0.300. The van der Waals surface area contributed by atoms with Crippen molar-refractivity contribution in [3.05, 3.63) is 58.7 Å². The fourth-order valence-corrected chi connectivity index (χ4v) is 4.28. The van der Waals surface area contributed by atoms with E-state index in [2.05, 4.69) is 55.3 Å². The number of urea groups is 1. The van der Waals surface area contributed by atoms with Crippen molar-refractivity contribution in [1.29, 1.82) is 0 Å². The van der Waals surface area contributed by atoms with E-state index in [1.54, 1.807) is 17.5 Å². The molecule has 25 heavy (non-hydrogen) atoms. The number of fused-ring (bicyclic) bond motifs is 3. The summed E-state index contributed by atoms with van der Waals surface area (Å²) in [6.07, 6.45) is 3.63. The number of hydrogen-bond acceptors (Lipinski definition) is 3. The molecule has 0 spiro atoms. The van der Waals surface area contributed by atoms with Gasteiger partial charge in [-0.3, -0.25) is 4.98 Å². The van der Waals surface area contributed by atoms with E-state index in [9.17, 15) is 4.79 Å². The number of benzene rings is 1. The molecular formula is C20H21N3OS. The number of hydrogen-bond donors (Lipinski definition) is 1. The van der Waals surface area contributed by atoms with Crippen LogP contribution in [0.3, 0.4) is 0 Å². The van der Waals surface area contributed by atoms with Crippen molar-refractivity contribution in [2.45, 2.75) is 39.3 Å². The van der Waals surface area contributed by atoms with Gasteiger partial charge in [-0.15, -0.1) is 11.3 Å². The molecule has 4 rings (SSSR count). The van der Waals surface area contributed by atoms with E-state index in [1.165, 1.54) is 10.4 Å². The van der Waals surface area contributed by atoms with E-state index in [1.807, 2.05) is 17.2 Å². The van der Waals surface area contributed by atoms with Crippen molar-refractivity contribution in [3.63, 3.8) is 0 Å². The zero-order chi connectivity index (χ0) is 17.6. The van der Waals surface area contributed by atoms with Crippen LogP contribution in [0, 0.1) is 0 Å². The molecule has 0 bridgehead atoms.